The number of nitrogens with one attached hydrogen (secondary N) is 1. The summed E-state index contributed by atoms with van der Waals surface area (Å²) in [6.07, 6.45) is 0. The smallest absolute Gasteiger partial charge is 0.336 e. The normalized spacial score (nSPS) is 8.87. The van der Waals surface area contributed by atoms with Crippen molar-refractivity contribution in [1.82, 2.24) is 0 Å². The van der Waals surface area contributed by atoms with Crippen LogP contribution in [0.5, 0.6) is 0 Å². The Labute approximate surface area is 93.8 Å². The van der Waals surface area contributed by atoms with Gasteiger partial charge in [-0.15, -0.1) is 12.4 Å². The molecule has 0 aromatic heterocycles. The van der Waals surface area contributed by atoms with E-state index in [1.165, 1.54) is 6.07 Å². The van der Waals surface area contributed by atoms with Crippen LogP contribution in [0.4, 0.5) is 0 Å². The van der Waals surface area contributed by atoms with Gasteiger partial charge in [-0.3, -0.25) is 5.41 Å². The number of carboxylic acid groups (broad SMARTS) is 1. The Hall–Kier alpha value is -1.55. The summed E-state index contributed by atoms with van der Waals surface area (Å²) in [4.78, 5) is 10.8. The molecule has 0 saturated carbocycles. The Kier molecular flexibility index (Phi) is 5.41. The Balaban J connectivity index is 0.00000196. The van der Waals surface area contributed by atoms with E-state index in [1.807, 2.05) is 0 Å². The van der Waals surface area contributed by atoms with E-state index in [2.05, 4.69) is 0 Å². The van der Waals surface area contributed by atoms with Crippen molar-refractivity contribution >= 4 is 24.3 Å². The number of hydrogen-bond acceptors (Lipinski definition) is 3. The van der Waals surface area contributed by atoms with E-state index < -0.39 is 5.97 Å². The average molecular weight is 230 g/mol. The number of carboxylic acids is 1. The molecule has 82 valence electrons. The largest absolute Gasteiger partial charge is 0.478 e. The van der Waals surface area contributed by atoms with E-state index >= 15 is 0 Å². The monoisotopic (exact) mass is 229 g/mol. The third kappa shape index (κ3) is 3.25. The second-order valence-electron chi connectivity index (χ2n) is 2.61. The Morgan fingerprint density at radius 2 is 1.93 bits per heavy atom. The molecule has 0 aliphatic carbocycles. The van der Waals surface area contributed by atoms with Gasteiger partial charge in [0.25, 0.3) is 0 Å². The molecule has 0 spiro atoms. The van der Waals surface area contributed by atoms with Crippen molar-refractivity contribution in [2.45, 2.75) is 6.92 Å². The minimum absolute atomic E-state index is 0. The molecular formula is C10H12ClNO3. The van der Waals surface area contributed by atoms with Gasteiger partial charge in [-0.05, 0) is 19.1 Å². The Bertz CT molecular complexity index is 365. The van der Waals surface area contributed by atoms with E-state index in [0.717, 1.165) is 0 Å². The number of carbonyl (C=O) groups is 1. The second-order valence-corrected chi connectivity index (χ2v) is 2.61. The summed E-state index contributed by atoms with van der Waals surface area (Å²) in [6, 6.07) is 6.30. The molecule has 0 heterocycles. The molecule has 0 amide bonds. The first-order valence-electron chi connectivity index (χ1n) is 4.20. The summed E-state index contributed by atoms with van der Waals surface area (Å²) >= 11 is 0. The zero-order chi connectivity index (χ0) is 10.6. The SMILES string of the molecule is CCOC(=N)c1ccccc1C(=O)O.Cl. The number of ether oxygens (including phenoxy) is 1. The van der Waals surface area contributed by atoms with Crippen LogP contribution in [0, 0.1) is 5.41 Å². The third-order valence-corrected chi connectivity index (χ3v) is 1.69. The van der Waals surface area contributed by atoms with Crippen LogP contribution >= 0.6 is 12.4 Å². The fourth-order valence-corrected chi connectivity index (χ4v) is 1.09. The van der Waals surface area contributed by atoms with Crippen LogP contribution in [-0.4, -0.2) is 23.6 Å². The molecule has 0 unspecified atom stereocenters. The van der Waals surface area contributed by atoms with E-state index in [9.17, 15) is 4.79 Å². The fourth-order valence-electron chi connectivity index (χ4n) is 1.09. The Morgan fingerprint density at radius 1 is 1.40 bits per heavy atom. The van der Waals surface area contributed by atoms with Gasteiger partial charge in [0, 0.05) is 0 Å². The summed E-state index contributed by atoms with van der Waals surface area (Å²) in [5.74, 6) is -1.16. The maximum Gasteiger partial charge on any atom is 0.336 e. The maximum absolute atomic E-state index is 10.8. The first-order chi connectivity index (χ1) is 6.66. The molecule has 1 rings (SSSR count). The molecule has 1 aromatic rings. The van der Waals surface area contributed by atoms with Crippen molar-refractivity contribution in [3.63, 3.8) is 0 Å². The van der Waals surface area contributed by atoms with Gasteiger partial charge < -0.3 is 9.84 Å². The molecule has 0 aliphatic rings. The average Bonchev–Trinajstić information content (AvgIpc) is 2.18. The molecule has 0 bridgehead atoms. The molecule has 0 radical (unpaired) electrons. The molecule has 0 saturated heterocycles. The lowest BCUT2D eigenvalue weighted by Crippen LogP contribution is -2.11. The van der Waals surface area contributed by atoms with Gasteiger partial charge in [-0.1, -0.05) is 12.1 Å². The van der Waals surface area contributed by atoms with Crippen molar-refractivity contribution in [2.75, 3.05) is 6.61 Å². The number of hydrogen-bond donors (Lipinski definition) is 2. The van der Waals surface area contributed by atoms with E-state index in [-0.39, 0.29) is 23.9 Å². The Morgan fingerprint density at radius 3 is 2.40 bits per heavy atom. The van der Waals surface area contributed by atoms with Gasteiger partial charge in [0.05, 0.1) is 17.7 Å². The molecule has 0 aliphatic heterocycles. The molecule has 15 heavy (non-hydrogen) atoms. The van der Waals surface area contributed by atoms with Crippen molar-refractivity contribution in [3.8, 4) is 0 Å². The lowest BCUT2D eigenvalue weighted by atomic mass is 10.1. The molecule has 4 nitrogen and oxygen atoms in total. The van der Waals surface area contributed by atoms with Gasteiger partial charge in [-0.2, -0.15) is 0 Å². The summed E-state index contributed by atoms with van der Waals surface area (Å²) in [5.41, 5.74) is 0.396. The highest BCUT2D eigenvalue weighted by Gasteiger charge is 2.13. The van der Waals surface area contributed by atoms with Crippen molar-refractivity contribution in [1.29, 1.82) is 5.41 Å². The summed E-state index contributed by atoms with van der Waals surface area (Å²) in [6.45, 7) is 2.10. The lowest BCUT2D eigenvalue weighted by Gasteiger charge is -2.07. The molecule has 5 heteroatoms. The highest BCUT2D eigenvalue weighted by Crippen LogP contribution is 2.09. The number of benzene rings is 1. The van der Waals surface area contributed by atoms with Crippen LogP contribution in [0.3, 0.4) is 0 Å². The van der Waals surface area contributed by atoms with Crippen LogP contribution in [0.25, 0.3) is 0 Å². The van der Waals surface area contributed by atoms with Crippen molar-refractivity contribution < 1.29 is 14.6 Å². The first-order valence-corrected chi connectivity index (χ1v) is 4.20. The highest BCUT2D eigenvalue weighted by molar-refractivity contribution is 6.03. The summed E-state index contributed by atoms with van der Waals surface area (Å²) in [7, 11) is 0. The van der Waals surface area contributed by atoms with Crippen molar-refractivity contribution in [3.05, 3.63) is 35.4 Å². The van der Waals surface area contributed by atoms with Crippen LogP contribution < -0.4 is 0 Å². The van der Waals surface area contributed by atoms with Crippen molar-refractivity contribution in [2.24, 2.45) is 0 Å². The maximum atomic E-state index is 10.8. The lowest BCUT2D eigenvalue weighted by molar-refractivity contribution is 0.0696. The zero-order valence-electron chi connectivity index (χ0n) is 8.19. The predicted molar refractivity (Wildman–Crippen MR) is 59.1 cm³/mol. The fraction of sp³-hybridized carbons (Fsp3) is 0.200. The van der Waals surface area contributed by atoms with E-state index in [1.54, 1.807) is 25.1 Å². The molecule has 1 aromatic carbocycles. The summed E-state index contributed by atoms with van der Waals surface area (Å²) < 4.78 is 4.94. The van der Waals surface area contributed by atoms with Crippen LogP contribution in [0.1, 0.15) is 22.8 Å². The van der Waals surface area contributed by atoms with Gasteiger partial charge >= 0.3 is 5.97 Å². The van der Waals surface area contributed by atoms with Gasteiger partial charge in [0.1, 0.15) is 0 Å². The molecule has 2 N–H and O–H groups in total. The highest BCUT2D eigenvalue weighted by atomic mass is 35.5. The van der Waals surface area contributed by atoms with E-state index in [0.29, 0.717) is 12.2 Å². The minimum atomic E-state index is -1.05. The summed E-state index contributed by atoms with van der Waals surface area (Å²) in [5, 5.41) is 16.3. The van der Waals surface area contributed by atoms with Crippen LogP contribution in [-0.2, 0) is 4.74 Å². The number of halogens is 1. The molecule has 0 fully saturated rings. The van der Waals surface area contributed by atoms with Gasteiger partial charge in [0.15, 0.2) is 0 Å². The molecule has 0 atom stereocenters. The standard InChI is InChI=1S/C10H11NO3.ClH/c1-2-14-9(11)7-5-3-4-6-8(7)10(12)13;/h3-6,11H,2H2,1H3,(H,12,13);1H. The second kappa shape index (κ2) is 6.03. The van der Waals surface area contributed by atoms with Gasteiger partial charge in [0.2, 0.25) is 5.90 Å². The van der Waals surface area contributed by atoms with E-state index in [4.69, 9.17) is 15.3 Å². The predicted octanol–water partition coefficient (Wildman–Crippen LogP) is 2.17. The number of aromatic carboxylic acids is 1. The minimum Gasteiger partial charge on any atom is -0.478 e. The van der Waals surface area contributed by atoms with Crippen LogP contribution in [0.2, 0.25) is 0 Å². The van der Waals surface area contributed by atoms with Gasteiger partial charge in [-0.25, -0.2) is 4.79 Å². The number of rotatable bonds is 3. The zero-order valence-corrected chi connectivity index (χ0v) is 9.00. The quantitative estimate of drug-likeness (QED) is 0.616. The van der Waals surface area contributed by atoms with Crippen LogP contribution in [0.15, 0.2) is 24.3 Å². The third-order valence-electron chi connectivity index (χ3n) is 1.69. The topological polar surface area (TPSA) is 70.4 Å². The molecular weight excluding hydrogens is 218 g/mol. The first kappa shape index (κ1) is 13.4.